The second-order valence-electron chi connectivity index (χ2n) is 5.34. The lowest BCUT2D eigenvalue weighted by Gasteiger charge is -2.37. The fourth-order valence-electron chi connectivity index (χ4n) is 3.04. The maximum Gasteiger partial charge on any atom is 0.141 e. The van der Waals surface area contributed by atoms with Crippen molar-refractivity contribution < 1.29 is 9.47 Å². The summed E-state index contributed by atoms with van der Waals surface area (Å²) < 4.78 is 11.3. The minimum Gasteiger partial charge on any atom is -0.361 e. The minimum atomic E-state index is -0.507. The van der Waals surface area contributed by atoms with Crippen LogP contribution in [0.5, 0.6) is 0 Å². The molecule has 0 unspecified atom stereocenters. The van der Waals surface area contributed by atoms with Crippen LogP contribution < -0.4 is 4.90 Å². The van der Waals surface area contributed by atoms with Crippen LogP contribution in [0.4, 0.5) is 5.82 Å². The van der Waals surface area contributed by atoms with Crippen molar-refractivity contribution in [1.82, 2.24) is 9.97 Å². The third-order valence-corrected chi connectivity index (χ3v) is 4.25. The van der Waals surface area contributed by atoms with E-state index in [0.717, 1.165) is 18.4 Å². The highest BCUT2D eigenvalue weighted by Gasteiger charge is 2.45. The van der Waals surface area contributed by atoms with Crippen LogP contribution in [0.3, 0.4) is 0 Å². The largest absolute Gasteiger partial charge is 0.361 e. The predicted octanol–water partition coefficient (Wildman–Crippen LogP) is 2.37. The highest BCUT2D eigenvalue weighted by Crippen LogP contribution is 2.41. The van der Waals surface area contributed by atoms with Crippen molar-refractivity contribution in [3.05, 3.63) is 23.9 Å². The first-order valence-corrected chi connectivity index (χ1v) is 6.88. The van der Waals surface area contributed by atoms with Gasteiger partial charge in [0, 0.05) is 20.4 Å². The van der Waals surface area contributed by atoms with E-state index < -0.39 is 5.72 Å². The molecule has 0 amide bonds. The predicted molar refractivity (Wildman–Crippen MR) is 78.7 cm³/mol. The van der Waals surface area contributed by atoms with Crippen LogP contribution in [0.15, 0.2) is 18.3 Å². The first-order valence-electron chi connectivity index (χ1n) is 6.88. The Kier molecular flexibility index (Phi) is 3.32. The van der Waals surface area contributed by atoms with Gasteiger partial charge in [-0.2, -0.15) is 5.26 Å². The molecule has 0 aromatic carbocycles. The summed E-state index contributed by atoms with van der Waals surface area (Å²) in [4.78, 5) is 9.61. The molecule has 1 N–H and O–H groups in total. The normalized spacial score (nSPS) is 25.4. The van der Waals surface area contributed by atoms with Crippen molar-refractivity contribution in [1.29, 1.82) is 5.26 Å². The van der Waals surface area contributed by atoms with Crippen molar-refractivity contribution in [2.45, 2.75) is 31.7 Å². The van der Waals surface area contributed by atoms with Gasteiger partial charge in [-0.3, -0.25) is 4.98 Å². The van der Waals surface area contributed by atoms with E-state index in [1.807, 2.05) is 24.0 Å². The molecule has 0 spiro atoms. The van der Waals surface area contributed by atoms with Gasteiger partial charge in [-0.25, -0.2) is 0 Å². The van der Waals surface area contributed by atoms with Gasteiger partial charge in [-0.15, -0.1) is 0 Å². The molecule has 1 aliphatic heterocycles. The second kappa shape index (κ2) is 5.02. The monoisotopic (exact) mass is 286 g/mol. The quantitative estimate of drug-likeness (QED) is 0.937. The molecule has 3 heterocycles. The second-order valence-corrected chi connectivity index (χ2v) is 5.34. The van der Waals surface area contributed by atoms with Crippen LogP contribution in [-0.4, -0.2) is 36.1 Å². The van der Waals surface area contributed by atoms with Gasteiger partial charge in [-0.1, -0.05) is 0 Å². The Hall–Kier alpha value is -2.10. The molecular weight excluding hydrogens is 268 g/mol. The zero-order valence-electron chi connectivity index (χ0n) is 12.4. The van der Waals surface area contributed by atoms with Crippen LogP contribution in [0, 0.1) is 11.3 Å². The average Bonchev–Trinajstić information content (AvgIpc) is 3.04. The Balaban J connectivity index is 2.20. The average molecular weight is 286 g/mol. The van der Waals surface area contributed by atoms with Crippen molar-refractivity contribution >= 4 is 16.9 Å². The molecule has 2 atom stereocenters. The lowest BCUT2D eigenvalue weighted by atomic mass is 10.2. The minimum absolute atomic E-state index is 0.130. The molecule has 0 saturated carbocycles. The number of ether oxygens (including phenoxy) is 2. The Morgan fingerprint density at radius 1 is 1.52 bits per heavy atom. The topological polar surface area (TPSA) is 74.2 Å². The van der Waals surface area contributed by atoms with E-state index in [1.165, 1.54) is 0 Å². The number of aromatic amines is 1. The maximum atomic E-state index is 9.55. The summed E-state index contributed by atoms with van der Waals surface area (Å²) in [6, 6.07) is 6.01. The lowest BCUT2D eigenvalue weighted by Crippen LogP contribution is -2.48. The number of pyridine rings is 1. The van der Waals surface area contributed by atoms with Crippen LogP contribution in [-0.2, 0) is 9.47 Å². The van der Waals surface area contributed by atoms with Crippen LogP contribution in [0.1, 0.15) is 25.3 Å². The van der Waals surface area contributed by atoms with Crippen molar-refractivity contribution in [3.63, 3.8) is 0 Å². The number of rotatable bonds is 3. The van der Waals surface area contributed by atoms with Gasteiger partial charge in [0.25, 0.3) is 0 Å². The molecule has 0 radical (unpaired) electrons. The zero-order valence-corrected chi connectivity index (χ0v) is 12.4. The van der Waals surface area contributed by atoms with E-state index >= 15 is 0 Å². The van der Waals surface area contributed by atoms with Gasteiger partial charge in [0.1, 0.15) is 34.9 Å². The van der Waals surface area contributed by atoms with E-state index in [4.69, 9.17) is 9.47 Å². The third kappa shape index (κ3) is 1.97. The third-order valence-electron chi connectivity index (χ3n) is 4.25. The van der Waals surface area contributed by atoms with Gasteiger partial charge < -0.3 is 19.4 Å². The zero-order chi connectivity index (χ0) is 15.0. The number of anilines is 1. The highest BCUT2D eigenvalue weighted by atomic mass is 16.5. The Morgan fingerprint density at radius 2 is 2.33 bits per heavy atom. The van der Waals surface area contributed by atoms with E-state index in [-0.39, 0.29) is 6.23 Å². The standard InChI is InChI=1S/C15H18N4O2/c1-15(21-3)7-6-12(20-2)19(15)14-10(9-16)13-11(18-14)5-4-8-17-13/h4-5,8,12,18H,6-7H2,1-3H3/t12-,15-/m0/s1. The van der Waals surface area contributed by atoms with Crippen LogP contribution >= 0.6 is 0 Å². The summed E-state index contributed by atoms with van der Waals surface area (Å²) in [7, 11) is 3.35. The number of nitrogens with zero attached hydrogens (tertiary/aromatic N) is 3. The molecule has 6 nitrogen and oxygen atoms in total. The summed E-state index contributed by atoms with van der Waals surface area (Å²) in [5, 5.41) is 9.55. The van der Waals surface area contributed by atoms with E-state index in [1.54, 1.807) is 20.4 Å². The van der Waals surface area contributed by atoms with Crippen molar-refractivity contribution in [2.75, 3.05) is 19.1 Å². The molecule has 110 valence electrons. The SMILES string of the molecule is CO[C@H]1CC[C@](C)(OC)N1c1[nH]c2cccnc2c1C#N. The Morgan fingerprint density at radius 3 is 3.00 bits per heavy atom. The Bertz CT molecular complexity index is 705. The highest BCUT2D eigenvalue weighted by molar-refractivity contribution is 5.88. The number of nitrogens with one attached hydrogen (secondary N) is 1. The van der Waals surface area contributed by atoms with E-state index in [2.05, 4.69) is 16.0 Å². The molecular formula is C15H18N4O2. The number of fused-ring (bicyclic) bond motifs is 1. The fraction of sp³-hybridized carbons (Fsp3) is 0.467. The first-order chi connectivity index (χ1) is 10.1. The molecule has 6 heteroatoms. The van der Waals surface area contributed by atoms with Gasteiger partial charge >= 0.3 is 0 Å². The van der Waals surface area contributed by atoms with Gasteiger partial charge in [0.15, 0.2) is 0 Å². The van der Waals surface area contributed by atoms with Gasteiger partial charge in [0.05, 0.1) is 5.52 Å². The summed E-state index contributed by atoms with van der Waals surface area (Å²) in [6.45, 7) is 2.01. The Labute approximate surface area is 123 Å². The molecule has 3 rings (SSSR count). The molecule has 1 fully saturated rings. The maximum absolute atomic E-state index is 9.55. The molecule has 2 aromatic rings. The van der Waals surface area contributed by atoms with Crippen molar-refractivity contribution in [2.24, 2.45) is 0 Å². The first kappa shape index (κ1) is 13.9. The lowest BCUT2D eigenvalue weighted by molar-refractivity contribution is -0.00148. The summed E-state index contributed by atoms with van der Waals surface area (Å²) in [6.07, 6.45) is 3.23. The summed E-state index contributed by atoms with van der Waals surface area (Å²) in [5.41, 5.74) is 1.53. The van der Waals surface area contributed by atoms with Crippen molar-refractivity contribution in [3.8, 4) is 6.07 Å². The van der Waals surface area contributed by atoms with Crippen LogP contribution in [0.2, 0.25) is 0 Å². The van der Waals surface area contributed by atoms with E-state index in [0.29, 0.717) is 16.9 Å². The fourth-order valence-corrected chi connectivity index (χ4v) is 3.04. The number of methoxy groups -OCH3 is 2. The van der Waals surface area contributed by atoms with Crippen LogP contribution in [0.25, 0.3) is 11.0 Å². The van der Waals surface area contributed by atoms with E-state index in [9.17, 15) is 5.26 Å². The van der Waals surface area contributed by atoms with Gasteiger partial charge in [0.2, 0.25) is 0 Å². The number of hydrogen-bond acceptors (Lipinski definition) is 5. The number of aromatic nitrogens is 2. The molecule has 0 aliphatic carbocycles. The number of H-pyrrole nitrogens is 1. The number of nitriles is 1. The number of hydrogen-bond donors (Lipinski definition) is 1. The molecule has 0 bridgehead atoms. The molecule has 21 heavy (non-hydrogen) atoms. The molecule has 2 aromatic heterocycles. The van der Waals surface area contributed by atoms with Gasteiger partial charge in [-0.05, 0) is 31.9 Å². The summed E-state index contributed by atoms with van der Waals surface area (Å²) in [5.74, 6) is 0.708. The summed E-state index contributed by atoms with van der Waals surface area (Å²) >= 11 is 0. The molecule has 1 aliphatic rings. The smallest absolute Gasteiger partial charge is 0.141 e. The molecule has 1 saturated heterocycles.